The van der Waals surface area contributed by atoms with Crippen LogP contribution in [0.25, 0.3) is 0 Å². The molecule has 1 saturated carbocycles. The molecule has 14 heteroatoms. The number of hydrogen-bond donors (Lipinski definition) is 2. The molecular formula is C31H35F5N2O7. The Morgan fingerprint density at radius 3 is 2.22 bits per heavy atom. The smallest absolute Gasteiger partial charge is 0.419 e. The van der Waals surface area contributed by atoms with Crippen LogP contribution in [0.2, 0.25) is 0 Å². The fraction of sp³-hybridized carbons (Fsp3) is 0.516. The molecule has 2 aromatic rings. The van der Waals surface area contributed by atoms with Crippen LogP contribution in [0.5, 0.6) is 11.5 Å². The maximum Gasteiger partial charge on any atom is 0.419 e. The third-order valence-corrected chi connectivity index (χ3v) is 7.48. The summed E-state index contributed by atoms with van der Waals surface area (Å²) in [5, 5.41) is 4.96. The van der Waals surface area contributed by atoms with Crippen molar-refractivity contribution in [3.05, 3.63) is 53.1 Å². The molecule has 0 bridgehead atoms. The van der Waals surface area contributed by atoms with Crippen molar-refractivity contribution < 1.29 is 55.3 Å². The molecule has 246 valence electrons. The molecule has 4 rings (SSSR count). The summed E-state index contributed by atoms with van der Waals surface area (Å²) in [5.41, 5.74) is -2.51. The Morgan fingerprint density at radius 2 is 1.60 bits per heavy atom. The Morgan fingerprint density at radius 1 is 0.911 bits per heavy atom. The van der Waals surface area contributed by atoms with Crippen molar-refractivity contribution in [1.82, 2.24) is 5.32 Å². The Balaban J connectivity index is 1.42. The minimum absolute atomic E-state index is 0.0873. The summed E-state index contributed by atoms with van der Waals surface area (Å²) >= 11 is 0. The van der Waals surface area contributed by atoms with Crippen LogP contribution in [0, 0.1) is 23.5 Å². The van der Waals surface area contributed by atoms with Crippen LogP contribution < -0.4 is 20.1 Å². The van der Waals surface area contributed by atoms with Gasteiger partial charge in [-0.1, -0.05) is 0 Å². The molecule has 1 saturated heterocycles. The molecule has 2 aliphatic rings. The number of carbonyl (C=O) groups is 3. The molecule has 45 heavy (non-hydrogen) atoms. The summed E-state index contributed by atoms with van der Waals surface area (Å²) in [6.45, 7) is 5.13. The van der Waals surface area contributed by atoms with E-state index in [0.717, 1.165) is 12.1 Å². The minimum atomic E-state index is -4.96. The van der Waals surface area contributed by atoms with E-state index in [0.29, 0.717) is 37.8 Å². The molecule has 9 nitrogen and oxygen atoms in total. The van der Waals surface area contributed by atoms with Crippen LogP contribution in [0.15, 0.2) is 30.3 Å². The summed E-state index contributed by atoms with van der Waals surface area (Å²) < 4.78 is 89.8. The zero-order valence-electron chi connectivity index (χ0n) is 25.2. The molecule has 1 aliphatic heterocycles. The van der Waals surface area contributed by atoms with E-state index in [1.54, 1.807) is 20.8 Å². The average molecular weight is 643 g/mol. The van der Waals surface area contributed by atoms with Gasteiger partial charge >= 0.3 is 12.1 Å². The SMILES string of the molecule is COc1cc(F)c(OC2CCC(C(=O)OC(C)(C)C)CC2)cc1C(=O)NC1COCC1C(=O)Nc1ccc(F)c(C(F)(F)F)c1. The van der Waals surface area contributed by atoms with Crippen molar-refractivity contribution in [2.24, 2.45) is 11.8 Å². The van der Waals surface area contributed by atoms with Gasteiger partial charge < -0.3 is 29.6 Å². The molecule has 2 atom stereocenters. The third-order valence-electron chi connectivity index (χ3n) is 7.48. The van der Waals surface area contributed by atoms with Crippen molar-refractivity contribution in [3.8, 4) is 11.5 Å². The molecule has 2 fully saturated rings. The predicted molar refractivity (Wildman–Crippen MR) is 151 cm³/mol. The number of alkyl halides is 3. The molecule has 2 N–H and O–H groups in total. The Hall–Kier alpha value is -3.94. The van der Waals surface area contributed by atoms with Crippen molar-refractivity contribution in [2.75, 3.05) is 25.6 Å². The monoisotopic (exact) mass is 642 g/mol. The van der Waals surface area contributed by atoms with Gasteiger partial charge in [-0.05, 0) is 70.7 Å². The predicted octanol–water partition coefficient (Wildman–Crippen LogP) is 5.66. The van der Waals surface area contributed by atoms with Crippen molar-refractivity contribution in [1.29, 1.82) is 0 Å². The van der Waals surface area contributed by atoms with Gasteiger partial charge in [-0.2, -0.15) is 13.2 Å². The van der Waals surface area contributed by atoms with Gasteiger partial charge in [-0.25, -0.2) is 8.78 Å². The summed E-state index contributed by atoms with van der Waals surface area (Å²) in [6.07, 6.45) is -3.47. The molecule has 2 unspecified atom stereocenters. The highest BCUT2D eigenvalue weighted by Crippen LogP contribution is 2.35. The fourth-order valence-electron chi connectivity index (χ4n) is 5.21. The Kier molecular flexibility index (Phi) is 10.3. The number of nitrogens with one attached hydrogen (secondary N) is 2. The first-order chi connectivity index (χ1) is 21.1. The molecule has 2 amide bonds. The van der Waals surface area contributed by atoms with E-state index in [1.165, 1.54) is 13.2 Å². The summed E-state index contributed by atoms with van der Waals surface area (Å²) in [6, 6.07) is 3.34. The van der Waals surface area contributed by atoms with E-state index in [-0.39, 0.29) is 47.9 Å². The Labute approximate surface area is 256 Å². The zero-order valence-corrected chi connectivity index (χ0v) is 25.2. The summed E-state index contributed by atoms with van der Waals surface area (Å²) in [5.74, 6) is -5.63. The number of benzene rings is 2. The van der Waals surface area contributed by atoms with Gasteiger partial charge in [0.15, 0.2) is 11.6 Å². The largest absolute Gasteiger partial charge is 0.496 e. The zero-order chi connectivity index (χ0) is 33.1. The highest BCUT2D eigenvalue weighted by molar-refractivity contribution is 5.99. The number of esters is 1. The first-order valence-electron chi connectivity index (χ1n) is 14.4. The fourth-order valence-corrected chi connectivity index (χ4v) is 5.21. The second kappa shape index (κ2) is 13.6. The van der Waals surface area contributed by atoms with Crippen molar-refractivity contribution in [3.63, 3.8) is 0 Å². The van der Waals surface area contributed by atoms with Gasteiger partial charge in [-0.15, -0.1) is 0 Å². The normalized spacial score (nSPS) is 22.0. The topological polar surface area (TPSA) is 112 Å². The quantitative estimate of drug-likeness (QED) is 0.283. The summed E-state index contributed by atoms with van der Waals surface area (Å²) in [7, 11) is 1.25. The van der Waals surface area contributed by atoms with Gasteiger partial charge in [0.1, 0.15) is 17.2 Å². The lowest BCUT2D eigenvalue weighted by Gasteiger charge is -2.30. The minimum Gasteiger partial charge on any atom is -0.496 e. The molecule has 0 aromatic heterocycles. The van der Waals surface area contributed by atoms with Gasteiger partial charge in [-0.3, -0.25) is 14.4 Å². The van der Waals surface area contributed by atoms with Crippen LogP contribution in [0.1, 0.15) is 62.4 Å². The lowest BCUT2D eigenvalue weighted by molar-refractivity contribution is -0.161. The summed E-state index contributed by atoms with van der Waals surface area (Å²) in [4.78, 5) is 38.7. The van der Waals surface area contributed by atoms with E-state index in [2.05, 4.69) is 10.6 Å². The number of amides is 2. The number of anilines is 1. The van der Waals surface area contributed by atoms with Crippen LogP contribution in [-0.4, -0.2) is 55.9 Å². The number of halogens is 5. The number of hydrogen-bond acceptors (Lipinski definition) is 7. The molecule has 2 aromatic carbocycles. The first-order valence-corrected chi connectivity index (χ1v) is 14.4. The number of rotatable bonds is 8. The Bertz CT molecular complexity index is 1420. The number of methoxy groups -OCH3 is 1. The molecular weight excluding hydrogens is 607 g/mol. The van der Waals surface area contributed by atoms with Crippen LogP contribution >= 0.6 is 0 Å². The van der Waals surface area contributed by atoms with Crippen LogP contribution in [-0.2, 0) is 25.2 Å². The molecule has 0 radical (unpaired) electrons. The van der Waals surface area contributed by atoms with E-state index in [9.17, 15) is 36.3 Å². The second-order valence-corrected chi connectivity index (χ2v) is 12.0. The lowest BCUT2D eigenvalue weighted by atomic mass is 9.87. The van der Waals surface area contributed by atoms with Gasteiger partial charge in [0.25, 0.3) is 5.91 Å². The van der Waals surface area contributed by atoms with Crippen molar-refractivity contribution in [2.45, 2.75) is 70.4 Å². The molecule has 1 aliphatic carbocycles. The standard InChI is InChI=1S/C31H35F5N2O7/c1-30(2,3)45-29(41)16-5-8-18(9-6-16)44-26-12-19(25(42-4)13-23(26)33)27(39)38-24-15-43-14-20(24)28(40)37-17-7-10-22(32)21(11-17)31(34,35)36/h7,10-13,16,18,20,24H,5-6,8-9,14-15H2,1-4H3,(H,37,40)(H,38,39). The second-order valence-electron chi connectivity index (χ2n) is 12.0. The van der Waals surface area contributed by atoms with E-state index < -0.39 is 58.9 Å². The highest BCUT2D eigenvalue weighted by Gasteiger charge is 2.38. The highest BCUT2D eigenvalue weighted by atomic mass is 19.4. The number of ether oxygens (including phenoxy) is 4. The van der Waals surface area contributed by atoms with Crippen LogP contribution in [0.4, 0.5) is 27.6 Å². The van der Waals surface area contributed by atoms with Crippen LogP contribution in [0.3, 0.4) is 0 Å². The van der Waals surface area contributed by atoms with Gasteiger partial charge in [0, 0.05) is 11.8 Å². The van der Waals surface area contributed by atoms with Gasteiger partial charge in [0.2, 0.25) is 5.91 Å². The molecule has 0 spiro atoms. The van der Waals surface area contributed by atoms with Gasteiger partial charge in [0.05, 0.1) is 55.4 Å². The van der Waals surface area contributed by atoms with E-state index in [4.69, 9.17) is 18.9 Å². The average Bonchev–Trinajstić information content (AvgIpc) is 3.42. The first kappa shape index (κ1) is 33.9. The maximum atomic E-state index is 15.0. The molecule has 1 heterocycles. The van der Waals surface area contributed by atoms with E-state index in [1.807, 2.05) is 0 Å². The lowest BCUT2D eigenvalue weighted by Crippen LogP contribution is -2.44. The van der Waals surface area contributed by atoms with Crippen molar-refractivity contribution >= 4 is 23.5 Å². The maximum absolute atomic E-state index is 15.0. The number of carbonyl (C=O) groups excluding carboxylic acids is 3. The third kappa shape index (κ3) is 8.62. The van der Waals surface area contributed by atoms with E-state index >= 15 is 0 Å².